The van der Waals surface area contributed by atoms with E-state index in [1.54, 1.807) is 18.2 Å². The molecule has 126 valence electrons. The second-order valence-corrected chi connectivity index (χ2v) is 12.0. The summed E-state index contributed by atoms with van der Waals surface area (Å²) in [4.78, 5) is 12.6. The number of hydrogen-bond acceptors (Lipinski definition) is 3. The fourth-order valence-electron chi connectivity index (χ4n) is 2.39. The molecule has 0 unspecified atom stereocenters. The van der Waals surface area contributed by atoms with E-state index in [-0.39, 0.29) is 11.1 Å². The Bertz CT molecular complexity index is 1070. The fourth-order valence-corrected chi connectivity index (χ4v) is 3.11. The smallest absolute Gasteiger partial charge is 0.235 e. The van der Waals surface area contributed by atoms with Gasteiger partial charge in [0.15, 0.2) is 11.3 Å². The molecule has 1 aromatic heterocycles. The van der Waals surface area contributed by atoms with Crippen LogP contribution in [0, 0.1) is 11.5 Å². The Morgan fingerprint density at radius 3 is 2.44 bits per heavy atom. The van der Waals surface area contributed by atoms with Crippen molar-refractivity contribution < 1.29 is 9.52 Å². The quantitative estimate of drug-likeness (QED) is 0.483. The van der Waals surface area contributed by atoms with Gasteiger partial charge in [0.25, 0.3) is 0 Å². The van der Waals surface area contributed by atoms with E-state index < -0.39 is 19.3 Å². The summed E-state index contributed by atoms with van der Waals surface area (Å²) in [5, 5.41) is 10.9. The highest BCUT2D eigenvalue weighted by molar-refractivity contribution is 6.83. The van der Waals surface area contributed by atoms with Gasteiger partial charge in [-0.15, -0.1) is 5.54 Å². The molecule has 0 fully saturated rings. The van der Waals surface area contributed by atoms with Crippen LogP contribution in [0.1, 0.15) is 5.56 Å². The molecule has 0 radical (unpaired) electrons. The molecule has 0 aliphatic heterocycles. The van der Waals surface area contributed by atoms with E-state index in [0.717, 1.165) is 0 Å². The van der Waals surface area contributed by atoms with E-state index in [2.05, 4.69) is 31.1 Å². The summed E-state index contributed by atoms with van der Waals surface area (Å²) < 4.78 is 5.92. The van der Waals surface area contributed by atoms with E-state index in [9.17, 15) is 9.90 Å². The third-order valence-electron chi connectivity index (χ3n) is 3.54. The van der Waals surface area contributed by atoms with Gasteiger partial charge >= 0.3 is 0 Å². The predicted molar refractivity (Wildman–Crippen MR) is 105 cm³/mol. The lowest BCUT2D eigenvalue weighted by Gasteiger charge is -2.08. The summed E-state index contributed by atoms with van der Waals surface area (Å²) >= 11 is 6.14. The second kappa shape index (κ2) is 6.44. The van der Waals surface area contributed by atoms with Gasteiger partial charge in [-0.25, -0.2) is 0 Å². The van der Waals surface area contributed by atoms with Crippen molar-refractivity contribution in [2.45, 2.75) is 19.6 Å². The van der Waals surface area contributed by atoms with E-state index >= 15 is 0 Å². The summed E-state index contributed by atoms with van der Waals surface area (Å²) in [6, 6.07) is 12.2. The third-order valence-corrected chi connectivity index (χ3v) is 4.63. The first-order valence-electron chi connectivity index (χ1n) is 7.84. The van der Waals surface area contributed by atoms with Gasteiger partial charge < -0.3 is 9.52 Å². The monoisotopic (exact) mass is 368 g/mol. The van der Waals surface area contributed by atoms with Crippen LogP contribution >= 0.6 is 11.6 Å². The maximum Gasteiger partial charge on any atom is 0.235 e. The van der Waals surface area contributed by atoms with Gasteiger partial charge in [0, 0.05) is 10.6 Å². The SMILES string of the molecule is C[Si](C)(C)C#Cc1cc(Cl)cc2c(=O)c(O)c(-c3ccccc3)oc12. The molecule has 3 aromatic rings. The van der Waals surface area contributed by atoms with E-state index in [1.165, 1.54) is 6.07 Å². The maximum absolute atomic E-state index is 12.6. The fraction of sp³-hybridized carbons (Fsp3) is 0.150. The van der Waals surface area contributed by atoms with Crippen molar-refractivity contribution in [3.63, 3.8) is 0 Å². The Balaban J connectivity index is 2.37. The normalized spacial score (nSPS) is 11.2. The van der Waals surface area contributed by atoms with Crippen LogP contribution in [0.15, 0.2) is 51.7 Å². The zero-order valence-electron chi connectivity index (χ0n) is 14.2. The van der Waals surface area contributed by atoms with Crippen LogP contribution in [0.2, 0.25) is 24.7 Å². The van der Waals surface area contributed by atoms with Crippen molar-refractivity contribution >= 4 is 30.6 Å². The summed E-state index contributed by atoms with van der Waals surface area (Å²) in [5.74, 6) is 2.82. The molecular weight excluding hydrogens is 352 g/mol. The highest BCUT2D eigenvalue weighted by Gasteiger charge is 2.18. The van der Waals surface area contributed by atoms with Crippen LogP contribution in [0.5, 0.6) is 5.75 Å². The summed E-state index contributed by atoms with van der Waals surface area (Å²) in [6.45, 7) is 6.39. The third kappa shape index (κ3) is 3.63. The van der Waals surface area contributed by atoms with Gasteiger partial charge in [-0.05, 0) is 12.1 Å². The van der Waals surface area contributed by atoms with Gasteiger partial charge in [0.2, 0.25) is 11.2 Å². The van der Waals surface area contributed by atoms with Crippen LogP contribution < -0.4 is 5.43 Å². The summed E-state index contributed by atoms with van der Waals surface area (Å²) in [6.07, 6.45) is 0. The molecule has 3 nitrogen and oxygen atoms in total. The van der Waals surface area contributed by atoms with Crippen LogP contribution in [-0.2, 0) is 0 Å². The molecule has 1 heterocycles. The van der Waals surface area contributed by atoms with E-state index in [1.807, 2.05) is 18.2 Å². The highest BCUT2D eigenvalue weighted by Crippen LogP contribution is 2.32. The molecule has 5 heteroatoms. The summed E-state index contributed by atoms with van der Waals surface area (Å²) in [5.41, 5.74) is 4.26. The van der Waals surface area contributed by atoms with Gasteiger partial charge in [-0.3, -0.25) is 4.79 Å². The lowest BCUT2D eigenvalue weighted by atomic mass is 10.1. The lowest BCUT2D eigenvalue weighted by Crippen LogP contribution is -2.16. The Kier molecular flexibility index (Phi) is 4.46. The number of aromatic hydroxyl groups is 1. The van der Waals surface area contributed by atoms with Crippen molar-refractivity contribution in [3.8, 4) is 28.5 Å². The molecule has 1 N–H and O–H groups in total. The molecule has 0 saturated heterocycles. The van der Waals surface area contributed by atoms with Gasteiger partial charge in [0.05, 0.1) is 10.9 Å². The molecular formula is C20H17ClO3Si. The van der Waals surface area contributed by atoms with E-state index in [4.69, 9.17) is 16.0 Å². The largest absolute Gasteiger partial charge is 0.502 e. The van der Waals surface area contributed by atoms with Crippen LogP contribution in [-0.4, -0.2) is 13.2 Å². The van der Waals surface area contributed by atoms with Crippen molar-refractivity contribution in [3.05, 3.63) is 63.3 Å². The minimum absolute atomic E-state index is 0.136. The first-order chi connectivity index (χ1) is 11.8. The molecule has 0 spiro atoms. The number of halogens is 1. The van der Waals surface area contributed by atoms with Gasteiger partial charge in [-0.2, -0.15) is 0 Å². The zero-order chi connectivity index (χ0) is 18.2. The lowest BCUT2D eigenvalue weighted by molar-refractivity contribution is 0.449. The molecule has 0 amide bonds. The molecule has 25 heavy (non-hydrogen) atoms. The average molecular weight is 369 g/mol. The molecule has 0 atom stereocenters. The molecule has 0 aliphatic rings. The standard InChI is InChI=1S/C20H17ClO3Si/c1-25(2,3)10-9-14-11-15(21)12-16-17(22)18(23)20(24-19(14)16)13-7-5-4-6-8-13/h4-8,11-12,23H,1-3H3. The molecule has 2 aromatic carbocycles. The van der Waals surface area contributed by atoms with Crippen LogP contribution in [0.4, 0.5) is 0 Å². The van der Waals surface area contributed by atoms with Crippen LogP contribution in [0.25, 0.3) is 22.3 Å². The Morgan fingerprint density at radius 2 is 1.80 bits per heavy atom. The van der Waals surface area contributed by atoms with E-state index in [0.29, 0.717) is 21.7 Å². The molecule has 0 bridgehead atoms. The first kappa shape index (κ1) is 17.3. The highest BCUT2D eigenvalue weighted by atomic mass is 35.5. The van der Waals surface area contributed by atoms with Gasteiger partial charge in [0.1, 0.15) is 8.07 Å². The molecule has 0 aliphatic carbocycles. The maximum atomic E-state index is 12.6. The van der Waals surface area contributed by atoms with Crippen molar-refractivity contribution in [1.82, 2.24) is 0 Å². The zero-order valence-corrected chi connectivity index (χ0v) is 15.9. The Morgan fingerprint density at radius 1 is 1.12 bits per heavy atom. The average Bonchev–Trinajstić information content (AvgIpc) is 2.56. The predicted octanol–water partition coefficient (Wildman–Crippen LogP) is 5.05. The minimum atomic E-state index is -1.62. The van der Waals surface area contributed by atoms with Crippen molar-refractivity contribution in [2.24, 2.45) is 0 Å². The molecule has 3 rings (SSSR count). The van der Waals surface area contributed by atoms with Crippen molar-refractivity contribution in [1.29, 1.82) is 0 Å². The topological polar surface area (TPSA) is 50.4 Å². The molecule has 0 saturated carbocycles. The summed E-state index contributed by atoms with van der Waals surface area (Å²) in [7, 11) is -1.62. The number of rotatable bonds is 1. The van der Waals surface area contributed by atoms with Crippen LogP contribution in [0.3, 0.4) is 0 Å². The minimum Gasteiger partial charge on any atom is -0.502 e. The number of fused-ring (bicyclic) bond motifs is 1. The number of benzene rings is 2. The first-order valence-corrected chi connectivity index (χ1v) is 11.7. The Hall–Kier alpha value is -2.48. The Labute approximate surface area is 151 Å². The second-order valence-electron chi connectivity index (χ2n) is 6.80. The van der Waals surface area contributed by atoms with Gasteiger partial charge in [-0.1, -0.05) is 67.5 Å². The number of hydrogen-bond donors (Lipinski definition) is 1. The van der Waals surface area contributed by atoms with Crippen molar-refractivity contribution in [2.75, 3.05) is 0 Å².